The van der Waals surface area contributed by atoms with Crippen molar-refractivity contribution in [3.05, 3.63) is 84.8 Å². The maximum absolute atomic E-state index is 14.9. The predicted octanol–water partition coefficient (Wildman–Crippen LogP) is 5.07. The lowest BCUT2D eigenvalue weighted by Gasteiger charge is -2.20. The fraction of sp³-hybridized carbons (Fsp3) is 0.0800. The Kier molecular flexibility index (Phi) is 5.10. The lowest BCUT2D eigenvalue weighted by atomic mass is 10.1. The average molecular weight is 438 g/mol. The molecule has 5 rings (SSSR count). The summed E-state index contributed by atoms with van der Waals surface area (Å²) in [4.78, 5) is 23.2. The highest BCUT2D eigenvalue weighted by Gasteiger charge is 2.18. The van der Waals surface area contributed by atoms with Gasteiger partial charge in [-0.3, -0.25) is 15.0 Å². The summed E-state index contributed by atoms with van der Waals surface area (Å²) in [5.74, 6) is -0.288. The Bertz CT molecular complexity index is 1490. The minimum atomic E-state index is -0.482. The third-order valence-electron chi connectivity index (χ3n) is 5.34. The molecule has 0 amide bonds. The summed E-state index contributed by atoms with van der Waals surface area (Å²) in [7, 11) is 1.69. The van der Waals surface area contributed by atoms with Crippen molar-refractivity contribution in [2.75, 3.05) is 11.9 Å². The molecular formula is C25H19FN6O. The topological polar surface area (TPSA) is 87.9 Å². The van der Waals surface area contributed by atoms with E-state index in [2.05, 4.69) is 24.9 Å². The molecule has 0 fully saturated rings. The molecule has 33 heavy (non-hydrogen) atoms. The molecule has 8 heteroatoms. The van der Waals surface area contributed by atoms with Crippen molar-refractivity contribution < 1.29 is 9.50 Å². The second kappa shape index (κ2) is 8.23. The molecule has 0 aromatic carbocycles. The maximum atomic E-state index is 14.9. The molecule has 0 radical (unpaired) electrons. The first-order chi connectivity index (χ1) is 16.0. The Hall–Kier alpha value is -4.46. The number of aromatic nitrogens is 5. The molecule has 0 spiro atoms. The Labute approximate surface area is 189 Å². The molecule has 0 bridgehead atoms. The minimum Gasteiger partial charge on any atom is -0.504 e. The van der Waals surface area contributed by atoms with Crippen molar-refractivity contribution >= 4 is 22.5 Å². The molecule has 0 saturated carbocycles. The molecule has 5 aromatic rings. The van der Waals surface area contributed by atoms with Crippen LogP contribution in [0.3, 0.4) is 0 Å². The average Bonchev–Trinajstić information content (AvgIpc) is 2.83. The highest BCUT2D eigenvalue weighted by atomic mass is 19.1. The normalized spacial score (nSPS) is 11.0. The van der Waals surface area contributed by atoms with Gasteiger partial charge in [0.1, 0.15) is 5.69 Å². The molecule has 5 heterocycles. The third kappa shape index (κ3) is 3.82. The van der Waals surface area contributed by atoms with Crippen LogP contribution in [-0.2, 0) is 0 Å². The van der Waals surface area contributed by atoms with Gasteiger partial charge < -0.3 is 10.0 Å². The van der Waals surface area contributed by atoms with Crippen LogP contribution in [0, 0.1) is 12.7 Å². The van der Waals surface area contributed by atoms with Gasteiger partial charge in [-0.25, -0.2) is 14.4 Å². The Morgan fingerprint density at radius 2 is 1.73 bits per heavy atom. The fourth-order valence-electron chi connectivity index (χ4n) is 3.64. The molecule has 0 saturated heterocycles. The molecule has 0 aliphatic rings. The monoisotopic (exact) mass is 438 g/mol. The zero-order valence-corrected chi connectivity index (χ0v) is 17.9. The van der Waals surface area contributed by atoms with Crippen LogP contribution in [0.1, 0.15) is 5.69 Å². The number of hydrogen-bond donors (Lipinski definition) is 1. The molecule has 0 aliphatic heterocycles. The lowest BCUT2D eigenvalue weighted by Crippen LogP contribution is -2.12. The first-order valence-corrected chi connectivity index (χ1v) is 10.2. The van der Waals surface area contributed by atoms with Crippen molar-refractivity contribution in [2.24, 2.45) is 0 Å². The van der Waals surface area contributed by atoms with Crippen LogP contribution in [0.15, 0.2) is 73.3 Å². The van der Waals surface area contributed by atoms with E-state index in [9.17, 15) is 9.50 Å². The van der Waals surface area contributed by atoms with Crippen LogP contribution >= 0.6 is 0 Å². The number of hydrogen-bond acceptors (Lipinski definition) is 7. The molecule has 0 unspecified atom stereocenters. The van der Waals surface area contributed by atoms with Crippen molar-refractivity contribution in [1.82, 2.24) is 24.9 Å². The van der Waals surface area contributed by atoms with Crippen LogP contribution in [-0.4, -0.2) is 37.1 Å². The van der Waals surface area contributed by atoms with Crippen molar-refractivity contribution in [3.8, 4) is 28.3 Å². The van der Waals surface area contributed by atoms with Gasteiger partial charge in [-0.05, 0) is 49.4 Å². The zero-order valence-electron chi connectivity index (χ0n) is 17.9. The van der Waals surface area contributed by atoms with E-state index in [1.54, 1.807) is 61.0 Å². The van der Waals surface area contributed by atoms with Gasteiger partial charge in [0, 0.05) is 48.5 Å². The maximum Gasteiger partial charge on any atom is 0.176 e. The lowest BCUT2D eigenvalue weighted by molar-refractivity contribution is 0.475. The second-order valence-corrected chi connectivity index (χ2v) is 7.54. The van der Waals surface area contributed by atoms with E-state index >= 15 is 0 Å². The molecule has 0 atom stereocenters. The van der Waals surface area contributed by atoms with Crippen molar-refractivity contribution in [2.45, 2.75) is 6.92 Å². The SMILES string of the molecule is Cc1cc(-c2ncc(N(C)c3nccc(-c4ccc5ncccc5n4)c3O)cc2F)ccn1. The minimum absolute atomic E-state index is 0.0648. The Balaban J connectivity index is 1.51. The Morgan fingerprint density at radius 1 is 0.879 bits per heavy atom. The van der Waals surface area contributed by atoms with Gasteiger partial charge >= 0.3 is 0 Å². The number of anilines is 2. The van der Waals surface area contributed by atoms with Crippen LogP contribution < -0.4 is 4.90 Å². The summed E-state index contributed by atoms with van der Waals surface area (Å²) in [6, 6.07) is 13.8. The summed E-state index contributed by atoms with van der Waals surface area (Å²) < 4.78 is 14.9. The molecule has 162 valence electrons. The highest BCUT2D eigenvalue weighted by Crippen LogP contribution is 2.38. The third-order valence-corrected chi connectivity index (χ3v) is 5.34. The van der Waals surface area contributed by atoms with E-state index in [1.807, 2.05) is 25.1 Å². The van der Waals surface area contributed by atoms with E-state index in [-0.39, 0.29) is 17.3 Å². The quantitative estimate of drug-likeness (QED) is 0.419. The molecule has 0 aliphatic carbocycles. The van der Waals surface area contributed by atoms with Gasteiger partial charge in [0.15, 0.2) is 17.4 Å². The summed E-state index contributed by atoms with van der Waals surface area (Å²) in [5.41, 5.74) is 4.67. The van der Waals surface area contributed by atoms with E-state index < -0.39 is 5.82 Å². The van der Waals surface area contributed by atoms with Crippen molar-refractivity contribution in [3.63, 3.8) is 0 Å². The predicted molar refractivity (Wildman–Crippen MR) is 125 cm³/mol. The summed E-state index contributed by atoms with van der Waals surface area (Å²) in [5, 5.41) is 11.0. The Morgan fingerprint density at radius 3 is 2.55 bits per heavy atom. The first-order valence-electron chi connectivity index (χ1n) is 10.2. The number of aromatic hydroxyl groups is 1. The van der Waals surface area contributed by atoms with Gasteiger partial charge in [-0.15, -0.1) is 0 Å². The van der Waals surface area contributed by atoms with Crippen LogP contribution in [0.2, 0.25) is 0 Å². The molecule has 7 nitrogen and oxygen atoms in total. The van der Waals surface area contributed by atoms with Crippen LogP contribution in [0.4, 0.5) is 15.9 Å². The number of rotatable bonds is 4. The standard InChI is InChI=1S/C25H19FN6O/c1-15-12-16(7-10-27-15)23-19(26)13-17(14-30-23)32(2)25-24(33)18(8-11-29-25)20-5-6-21-22(31-20)4-3-9-28-21/h3-14,33H,1-2H3. The first kappa shape index (κ1) is 20.4. The van der Waals surface area contributed by atoms with Gasteiger partial charge in [-0.1, -0.05) is 0 Å². The fourth-order valence-corrected chi connectivity index (χ4v) is 3.64. The number of halogens is 1. The summed E-state index contributed by atoms with van der Waals surface area (Å²) in [6.45, 7) is 1.84. The van der Waals surface area contributed by atoms with Crippen molar-refractivity contribution in [1.29, 1.82) is 0 Å². The number of pyridine rings is 5. The zero-order chi connectivity index (χ0) is 22.9. The van der Waals surface area contributed by atoms with Gasteiger partial charge in [0.25, 0.3) is 0 Å². The molecule has 5 aromatic heterocycles. The largest absolute Gasteiger partial charge is 0.504 e. The van der Waals surface area contributed by atoms with Crippen LogP contribution in [0.25, 0.3) is 33.5 Å². The number of nitrogens with zero attached hydrogens (tertiary/aromatic N) is 6. The van der Waals surface area contributed by atoms with Crippen LogP contribution in [0.5, 0.6) is 5.75 Å². The van der Waals surface area contributed by atoms with E-state index in [4.69, 9.17) is 0 Å². The number of fused-ring (bicyclic) bond motifs is 1. The number of aryl methyl sites for hydroxylation is 1. The molecular weight excluding hydrogens is 419 g/mol. The van der Waals surface area contributed by atoms with E-state index in [0.717, 1.165) is 11.2 Å². The molecule has 1 N–H and O–H groups in total. The highest BCUT2D eigenvalue weighted by molar-refractivity contribution is 5.82. The second-order valence-electron chi connectivity index (χ2n) is 7.54. The van der Waals surface area contributed by atoms with Gasteiger partial charge in [0.05, 0.1) is 28.6 Å². The van der Waals surface area contributed by atoms with Gasteiger partial charge in [-0.2, -0.15) is 0 Å². The summed E-state index contributed by atoms with van der Waals surface area (Å²) >= 11 is 0. The van der Waals surface area contributed by atoms with E-state index in [1.165, 1.54) is 6.07 Å². The smallest absolute Gasteiger partial charge is 0.176 e. The van der Waals surface area contributed by atoms with E-state index in [0.29, 0.717) is 28.0 Å². The summed E-state index contributed by atoms with van der Waals surface area (Å²) in [6.07, 6.45) is 6.45. The van der Waals surface area contributed by atoms with Gasteiger partial charge in [0.2, 0.25) is 0 Å².